The highest BCUT2D eigenvalue weighted by atomic mass is 32.2. The van der Waals surface area contributed by atoms with Gasteiger partial charge >= 0.3 is 0 Å². The van der Waals surface area contributed by atoms with E-state index < -0.39 is 0 Å². The van der Waals surface area contributed by atoms with E-state index in [0.29, 0.717) is 39.0 Å². The highest BCUT2D eigenvalue weighted by Crippen LogP contribution is 2.40. The van der Waals surface area contributed by atoms with Crippen LogP contribution < -0.4 is 14.4 Å². The Morgan fingerprint density at radius 1 is 0.774 bits per heavy atom. The molecule has 1 aliphatic rings. The lowest BCUT2D eigenvalue weighted by molar-refractivity contribution is -0.119. The molecule has 0 unspecified atom stereocenters. The molecule has 0 bridgehead atoms. The third kappa shape index (κ3) is 4.20. The maximum Gasteiger partial charge on any atom is 0.272 e. The van der Waals surface area contributed by atoms with Gasteiger partial charge < -0.3 is 9.47 Å². The number of amides is 2. The van der Waals surface area contributed by atoms with E-state index in [-0.39, 0.29) is 11.8 Å². The van der Waals surface area contributed by atoms with E-state index in [1.807, 2.05) is 30.3 Å². The Labute approximate surface area is 185 Å². The third-order valence-electron chi connectivity index (χ3n) is 4.96. The molecule has 0 aromatic heterocycles. The lowest BCUT2D eigenvalue weighted by Gasteiger charge is -2.16. The van der Waals surface area contributed by atoms with Gasteiger partial charge in [-0.3, -0.25) is 9.59 Å². The van der Waals surface area contributed by atoms with Crippen LogP contribution in [0.1, 0.15) is 11.1 Å². The fourth-order valence-electron chi connectivity index (χ4n) is 3.37. The summed E-state index contributed by atoms with van der Waals surface area (Å²) in [7, 11) is 3.14. The SMILES string of the molecule is COc1ccc(C2=C(SCc3ccccc3)C(=O)N(c3cccc(OC)c3)C2=O)cc1. The molecule has 3 aromatic carbocycles. The van der Waals surface area contributed by atoms with E-state index in [2.05, 4.69) is 0 Å². The van der Waals surface area contributed by atoms with Gasteiger partial charge in [-0.2, -0.15) is 0 Å². The van der Waals surface area contributed by atoms with Crippen LogP contribution in [0.4, 0.5) is 5.69 Å². The van der Waals surface area contributed by atoms with Gasteiger partial charge in [0.1, 0.15) is 11.5 Å². The summed E-state index contributed by atoms with van der Waals surface area (Å²) in [6, 6.07) is 24.0. The van der Waals surface area contributed by atoms with Gasteiger partial charge in [-0.1, -0.05) is 48.5 Å². The molecule has 156 valence electrons. The van der Waals surface area contributed by atoms with E-state index in [9.17, 15) is 9.59 Å². The molecule has 0 radical (unpaired) electrons. The summed E-state index contributed by atoms with van der Waals surface area (Å²) >= 11 is 1.38. The molecule has 0 N–H and O–H groups in total. The minimum atomic E-state index is -0.348. The van der Waals surface area contributed by atoms with Crippen molar-refractivity contribution < 1.29 is 19.1 Å². The number of hydrogen-bond donors (Lipinski definition) is 0. The molecular weight excluding hydrogens is 410 g/mol. The Kier molecular flexibility index (Phi) is 6.09. The van der Waals surface area contributed by atoms with Crippen molar-refractivity contribution in [2.75, 3.05) is 19.1 Å². The van der Waals surface area contributed by atoms with Gasteiger partial charge in [-0.25, -0.2) is 4.90 Å². The van der Waals surface area contributed by atoms with Crippen molar-refractivity contribution in [2.24, 2.45) is 0 Å². The average Bonchev–Trinajstić information content (AvgIpc) is 3.07. The zero-order valence-electron chi connectivity index (χ0n) is 17.2. The van der Waals surface area contributed by atoms with Crippen molar-refractivity contribution in [3.05, 3.63) is 94.9 Å². The molecule has 0 aliphatic carbocycles. The molecule has 1 aliphatic heterocycles. The predicted octanol–water partition coefficient (Wildman–Crippen LogP) is 4.92. The van der Waals surface area contributed by atoms with Crippen LogP contribution in [-0.4, -0.2) is 26.0 Å². The molecule has 31 heavy (non-hydrogen) atoms. The predicted molar refractivity (Wildman–Crippen MR) is 123 cm³/mol. The number of thioether (sulfide) groups is 1. The Morgan fingerprint density at radius 2 is 1.48 bits per heavy atom. The number of hydrogen-bond acceptors (Lipinski definition) is 5. The molecule has 3 aromatic rings. The van der Waals surface area contributed by atoms with Crippen molar-refractivity contribution in [2.45, 2.75) is 5.75 Å². The largest absolute Gasteiger partial charge is 0.497 e. The topological polar surface area (TPSA) is 55.8 Å². The van der Waals surface area contributed by atoms with Crippen LogP contribution in [0, 0.1) is 0 Å². The smallest absolute Gasteiger partial charge is 0.272 e. The Balaban J connectivity index is 1.74. The molecule has 4 rings (SSSR count). The van der Waals surface area contributed by atoms with Crippen molar-refractivity contribution in [3.8, 4) is 11.5 Å². The number of methoxy groups -OCH3 is 2. The van der Waals surface area contributed by atoms with Crippen molar-refractivity contribution >= 4 is 34.8 Å². The molecule has 6 heteroatoms. The van der Waals surface area contributed by atoms with Crippen molar-refractivity contribution in [1.82, 2.24) is 0 Å². The van der Waals surface area contributed by atoms with E-state index in [1.165, 1.54) is 16.7 Å². The van der Waals surface area contributed by atoms with E-state index in [4.69, 9.17) is 9.47 Å². The summed E-state index contributed by atoms with van der Waals surface area (Å²) < 4.78 is 10.5. The van der Waals surface area contributed by atoms with Gasteiger partial charge in [0.05, 0.1) is 30.4 Å². The van der Waals surface area contributed by atoms with Crippen molar-refractivity contribution in [1.29, 1.82) is 0 Å². The van der Waals surface area contributed by atoms with Crippen LogP contribution in [0.3, 0.4) is 0 Å². The first-order valence-corrected chi connectivity index (χ1v) is 10.7. The monoisotopic (exact) mass is 431 g/mol. The average molecular weight is 432 g/mol. The van der Waals surface area contributed by atoms with Crippen LogP contribution in [0.15, 0.2) is 83.8 Å². The number of rotatable bonds is 7. The molecule has 0 saturated carbocycles. The lowest BCUT2D eigenvalue weighted by Crippen LogP contribution is -2.31. The van der Waals surface area contributed by atoms with Crippen LogP contribution in [-0.2, 0) is 15.3 Å². The normalized spacial score (nSPS) is 13.7. The maximum atomic E-state index is 13.5. The maximum absolute atomic E-state index is 13.5. The second-order valence-electron chi connectivity index (χ2n) is 6.85. The summed E-state index contributed by atoms with van der Waals surface area (Å²) in [6.45, 7) is 0. The molecular formula is C25H21NO4S. The number of anilines is 1. The minimum Gasteiger partial charge on any atom is -0.497 e. The Hall–Kier alpha value is -3.51. The second-order valence-corrected chi connectivity index (χ2v) is 7.84. The van der Waals surface area contributed by atoms with Crippen LogP contribution in [0.2, 0.25) is 0 Å². The van der Waals surface area contributed by atoms with Crippen molar-refractivity contribution in [3.63, 3.8) is 0 Å². The zero-order chi connectivity index (χ0) is 21.8. The second kappa shape index (κ2) is 9.10. The first kappa shape index (κ1) is 20.8. The van der Waals surface area contributed by atoms with Gasteiger partial charge in [0.15, 0.2) is 0 Å². The van der Waals surface area contributed by atoms with Gasteiger partial charge in [0.25, 0.3) is 11.8 Å². The minimum absolute atomic E-state index is 0.329. The number of benzene rings is 3. The van der Waals surface area contributed by atoms with Crippen LogP contribution in [0.5, 0.6) is 11.5 Å². The van der Waals surface area contributed by atoms with Gasteiger partial charge in [0.2, 0.25) is 0 Å². The highest BCUT2D eigenvalue weighted by Gasteiger charge is 2.40. The Morgan fingerprint density at radius 3 is 2.16 bits per heavy atom. The van der Waals surface area contributed by atoms with E-state index in [1.54, 1.807) is 62.8 Å². The van der Waals surface area contributed by atoms with Gasteiger partial charge in [-0.15, -0.1) is 11.8 Å². The van der Waals surface area contributed by atoms with Crippen LogP contribution in [0.25, 0.3) is 5.57 Å². The standard InChI is InChI=1S/C25H21NO4S/c1-29-20-13-11-18(12-14-20)22-23(31-16-17-7-4-3-5-8-17)25(28)26(24(22)27)19-9-6-10-21(15-19)30-2/h3-15H,16H2,1-2H3. The van der Waals surface area contributed by atoms with E-state index >= 15 is 0 Å². The summed E-state index contributed by atoms with van der Waals surface area (Å²) in [6.07, 6.45) is 0. The van der Waals surface area contributed by atoms with E-state index in [0.717, 1.165) is 5.56 Å². The quantitative estimate of drug-likeness (QED) is 0.497. The fourth-order valence-corrected chi connectivity index (χ4v) is 4.44. The number of carbonyl (C=O) groups is 2. The number of carbonyl (C=O) groups excluding carboxylic acids is 2. The zero-order valence-corrected chi connectivity index (χ0v) is 18.0. The number of imide groups is 1. The molecule has 0 spiro atoms. The summed E-state index contributed by atoms with van der Waals surface area (Å²) in [5, 5.41) is 0. The van der Waals surface area contributed by atoms with Gasteiger partial charge in [-0.05, 0) is 35.4 Å². The number of nitrogens with zero attached hydrogens (tertiary/aromatic N) is 1. The molecule has 0 fully saturated rings. The summed E-state index contributed by atoms with van der Waals surface area (Å²) in [4.78, 5) is 28.5. The Bertz CT molecular complexity index is 1140. The first-order valence-electron chi connectivity index (χ1n) is 9.70. The lowest BCUT2D eigenvalue weighted by atomic mass is 10.1. The first-order chi connectivity index (χ1) is 15.1. The summed E-state index contributed by atoms with van der Waals surface area (Å²) in [5.74, 6) is 1.17. The van der Waals surface area contributed by atoms with Gasteiger partial charge in [0, 0.05) is 11.8 Å². The molecule has 0 atom stereocenters. The fraction of sp³-hybridized carbons (Fsp3) is 0.120. The third-order valence-corrected chi connectivity index (χ3v) is 6.10. The number of ether oxygens (including phenoxy) is 2. The summed E-state index contributed by atoms with van der Waals surface area (Å²) in [5.41, 5.74) is 2.64. The molecule has 1 heterocycles. The highest BCUT2D eigenvalue weighted by molar-refractivity contribution is 8.03. The molecule has 2 amide bonds. The molecule has 0 saturated heterocycles. The van der Waals surface area contributed by atoms with Crippen LogP contribution >= 0.6 is 11.8 Å². The molecule has 5 nitrogen and oxygen atoms in total.